The molecule has 0 atom stereocenters. The van der Waals surface area contributed by atoms with Crippen molar-refractivity contribution in [2.45, 2.75) is 25.7 Å². The van der Waals surface area contributed by atoms with Gasteiger partial charge in [0.25, 0.3) is 0 Å². The molecule has 1 rings (SSSR count). The van der Waals surface area contributed by atoms with Gasteiger partial charge in [0, 0.05) is 17.4 Å². The van der Waals surface area contributed by atoms with E-state index in [-0.39, 0.29) is 18.7 Å². The van der Waals surface area contributed by atoms with Crippen molar-refractivity contribution >= 4 is 27.8 Å². The minimum absolute atomic E-state index is 0.0247. The first-order valence-electron chi connectivity index (χ1n) is 6.34. The number of hydrogen-bond acceptors (Lipinski definition) is 3. The summed E-state index contributed by atoms with van der Waals surface area (Å²) in [6.45, 7) is 0.525. The summed E-state index contributed by atoms with van der Waals surface area (Å²) in [6, 6.07) is 5.83. The summed E-state index contributed by atoms with van der Waals surface area (Å²) in [4.78, 5) is 21.6. The van der Waals surface area contributed by atoms with Crippen LogP contribution in [0.1, 0.15) is 24.8 Å². The third kappa shape index (κ3) is 6.06. The molecule has 1 aromatic rings. The molecule has 0 aliphatic rings. The van der Waals surface area contributed by atoms with Crippen LogP contribution in [0.5, 0.6) is 5.75 Å². The number of rotatable bonds is 8. The molecule has 0 aliphatic heterocycles. The molecular weight excluding hydrogens is 326 g/mol. The van der Waals surface area contributed by atoms with Crippen molar-refractivity contribution < 1.29 is 19.4 Å². The second kappa shape index (κ2) is 8.58. The molecule has 0 aliphatic carbocycles. The predicted molar refractivity (Wildman–Crippen MR) is 78.9 cm³/mol. The standard InChI is InChI=1S/C14H18BrNO4/c1-20-12-9-11(15)5-4-10(12)3-2-8-16-13(17)6-7-14(18)19/h4-5,9H,2-3,6-8H2,1H3,(H,16,17)(H,18,19). The quantitative estimate of drug-likeness (QED) is 0.710. The van der Waals surface area contributed by atoms with Crippen LogP contribution >= 0.6 is 15.9 Å². The number of halogens is 1. The maximum atomic E-state index is 11.3. The number of carboxylic acid groups (broad SMARTS) is 1. The lowest BCUT2D eigenvalue weighted by Gasteiger charge is -2.09. The Morgan fingerprint density at radius 2 is 2.10 bits per heavy atom. The van der Waals surface area contributed by atoms with Crippen molar-refractivity contribution in [3.8, 4) is 5.75 Å². The van der Waals surface area contributed by atoms with Gasteiger partial charge in [-0.2, -0.15) is 0 Å². The molecule has 0 heterocycles. The Morgan fingerprint density at radius 1 is 1.35 bits per heavy atom. The van der Waals surface area contributed by atoms with Crippen molar-refractivity contribution in [1.29, 1.82) is 0 Å². The van der Waals surface area contributed by atoms with E-state index in [1.54, 1.807) is 7.11 Å². The number of nitrogens with one attached hydrogen (secondary N) is 1. The number of benzene rings is 1. The van der Waals surface area contributed by atoms with Crippen LogP contribution < -0.4 is 10.1 Å². The molecule has 1 aromatic carbocycles. The molecule has 6 heteroatoms. The van der Waals surface area contributed by atoms with Crippen LogP contribution in [-0.4, -0.2) is 30.6 Å². The number of aryl methyl sites for hydroxylation is 1. The zero-order valence-electron chi connectivity index (χ0n) is 11.3. The molecule has 0 saturated carbocycles. The molecule has 20 heavy (non-hydrogen) atoms. The molecule has 0 radical (unpaired) electrons. The minimum atomic E-state index is -0.959. The Morgan fingerprint density at radius 3 is 2.75 bits per heavy atom. The molecule has 0 bridgehead atoms. The summed E-state index contributed by atoms with van der Waals surface area (Å²) >= 11 is 3.38. The van der Waals surface area contributed by atoms with Crippen LogP contribution in [0.4, 0.5) is 0 Å². The summed E-state index contributed by atoms with van der Waals surface area (Å²) in [5.74, 6) is -0.369. The zero-order valence-corrected chi connectivity index (χ0v) is 12.9. The van der Waals surface area contributed by atoms with Gasteiger partial charge in [0.2, 0.25) is 5.91 Å². The van der Waals surface area contributed by atoms with Crippen LogP contribution in [0, 0.1) is 0 Å². The molecule has 5 nitrogen and oxygen atoms in total. The van der Waals surface area contributed by atoms with Crippen LogP contribution in [0.3, 0.4) is 0 Å². The SMILES string of the molecule is COc1cc(Br)ccc1CCCNC(=O)CCC(=O)O. The fraction of sp³-hybridized carbons (Fsp3) is 0.429. The first-order chi connectivity index (χ1) is 9.52. The monoisotopic (exact) mass is 343 g/mol. The molecule has 1 amide bonds. The lowest BCUT2D eigenvalue weighted by Crippen LogP contribution is -2.25. The van der Waals surface area contributed by atoms with E-state index in [0.717, 1.165) is 28.6 Å². The Labute approximate surface area is 126 Å². The number of methoxy groups -OCH3 is 1. The Hall–Kier alpha value is -1.56. The summed E-state index contributed by atoms with van der Waals surface area (Å²) in [6.07, 6.45) is 1.45. The average molecular weight is 344 g/mol. The van der Waals surface area contributed by atoms with Gasteiger partial charge < -0.3 is 15.2 Å². The van der Waals surface area contributed by atoms with E-state index in [1.807, 2.05) is 18.2 Å². The highest BCUT2D eigenvalue weighted by Gasteiger charge is 2.06. The van der Waals surface area contributed by atoms with Gasteiger partial charge in [0.15, 0.2) is 0 Å². The van der Waals surface area contributed by atoms with Crippen molar-refractivity contribution in [1.82, 2.24) is 5.32 Å². The Kier molecular flexibility index (Phi) is 7.08. The summed E-state index contributed by atoms with van der Waals surface area (Å²) < 4.78 is 6.25. The molecule has 0 unspecified atom stereocenters. The first kappa shape index (κ1) is 16.5. The highest BCUT2D eigenvalue weighted by atomic mass is 79.9. The van der Waals surface area contributed by atoms with E-state index in [2.05, 4.69) is 21.2 Å². The molecule has 110 valence electrons. The van der Waals surface area contributed by atoms with Gasteiger partial charge in [-0.1, -0.05) is 22.0 Å². The van der Waals surface area contributed by atoms with Gasteiger partial charge in [0.05, 0.1) is 13.5 Å². The number of aliphatic carboxylic acids is 1. The minimum Gasteiger partial charge on any atom is -0.496 e. The highest BCUT2D eigenvalue weighted by Crippen LogP contribution is 2.24. The summed E-state index contributed by atoms with van der Waals surface area (Å²) in [5, 5.41) is 11.2. The molecule has 0 fully saturated rings. The number of ether oxygens (including phenoxy) is 1. The second-order valence-corrected chi connectivity index (χ2v) is 5.22. The van der Waals surface area contributed by atoms with Crippen LogP contribution in [-0.2, 0) is 16.0 Å². The number of amides is 1. The number of carbonyl (C=O) groups excluding carboxylic acids is 1. The van der Waals surface area contributed by atoms with Gasteiger partial charge in [-0.05, 0) is 30.5 Å². The summed E-state index contributed by atoms with van der Waals surface area (Å²) in [5.41, 5.74) is 1.08. The fourth-order valence-electron chi connectivity index (χ4n) is 1.74. The van der Waals surface area contributed by atoms with Crippen molar-refractivity contribution in [3.63, 3.8) is 0 Å². The van der Waals surface area contributed by atoms with E-state index in [1.165, 1.54) is 0 Å². The largest absolute Gasteiger partial charge is 0.496 e. The third-order valence-electron chi connectivity index (χ3n) is 2.76. The number of carboxylic acids is 1. The first-order valence-corrected chi connectivity index (χ1v) is 7.13. The van der Waals surface area contributed by atoms with Crippen LogP contribution in [0.2, 0.25) is 0 Å². The maximum Gasteiger partial charge on any atom is 0.303 e. The van der Waals surface area contributed by atoms with E-state index in [4.69, 9.17) is 9.84 Å². The summed E-state index contributed by atoms with van der Waals surface area (Å²) in [7, 11) is 1.62. The van der Waals surface area contributed by atoms with E-state index >= 15 is 0 Å². The smallest absolute Gasteiger partial charge is 0.303 e. The van der Waals surface area contributed by atoms with E-state index in [9.17, 15) is 9.59 Å². The second-order valence-electron chi connectivity index (χ2n) is 4.30. The Bertz CT molecular complexity index is 476. The van der Waals surface area contributed by atoms with Gasteiger partial charge in [0.1, 0.15) is 5.75 Å². The third-order valence-corrected chi connectivity index (χ3v) is 3.25. The molecule has 2 N–H and O–H groups in total. The molecular formula is C14H18BrNO4. The Balaban J connectivity index is 2.31. The van der Waals surface area contributed by atoms with Crippen LogP contribution in [0.25, 0.3) is 0 Å². The predicted octanol–water partition coefficient (Wildman–Crippen LogP) is 2.37. The fourth-order valence-corrected chi connectivity index (χ4v) is 2.08. The highest BCUT2D eigenvalue weighted by molar-refractivity contribution is 9.10. The topological polar surface area (TPSA) is 75.6 Å². The van der Waals surface area contributed by atoms with Crippen LogP contribution in [0.15, 0.2) is 22.7 Å². The average Bonchev–Trinajstić information content (AvgIpc) is 2.42. The van der Waals surface area contributed by atoms with Crippen molar-refractivity contribution in [3.05, 3.63) is 28.2 Å². The number of hydrogen-bond donors (Lipinski definition) is 2. The lowest BCUT2D eigenvalue weighted by molar-refractivity contribution is -0.138. The maximum absolute atomic E-state index is 11.3. The van der Waals surface area contributed by atoms with E-state index in [0.29, 0.717) is 6.54 Å². The van der Waals surface area contributed by atoms with Gasteiger partial charge in [-0.3, -0.25) is 9.59 Å². The molecule has 0 spiro atoms. The van der Waals surface area contributed by atoms with Crippen molar-refractivity contribution in [2.24, 2.45) is 0 Å². The lowest BCUT2D eigenvalue weighted by atomic mass is 10.1. The number of carbonyl (C=O) groups is 2. The van der Waals surface area contributed by atoms with E-state index < -0.39 is 5.97 Å². The van der Waals surface area contributed by atoms with Gasteiger partial charge in [-0.15, -0.1) is 0 Å². The normalized spacial score (nSPS) is 10.1. The molecule has 0 saturated heterocycles. The van der Waals surface area contributed by atoms with Gasteiger partial charge in [-0.25, -0.2) is 0 Å². The molecule has 0 aromatic heterocycles. The van der Waals surface area contributed by atoms with Gasteiger partial charge >= 0.3 is 5.97 Å². The van der Waals surface area contributed by atoms with Crippen molar-refractivity contribution in [2.75, 3.05) is 13.7 Å². The zero-order chi connectivity index (χ0) is 15.0.